The molecule has 0 radical (unpaired) electrons. The number of amides is 2. The third-order valence-corrected chi connectivity index (χ3v) is 4.29. The number of halogens is 3. The Labute approximate surface area is 148 Å². The number of carbonyl (C=O) groups is 2. The maximum Gasteiger partial charge on any atom is 0.416 e. The van der Waals surface area contributed by atoms with Gasteiger partial charge in [0.05, 0.1) is 5.56 Å². The van der Waals surface area contributed by atoms with Gasteiger partial charge in [0.1, 0.15) is 0 Å². The third kappa shape index (κ3) is 4.22. The van der Waals surface area contributed by atoms with E-state index >= 15 is 0 Å². The van der Waals surface area contributed by atoms with Crippen LogP contribution in [0.4, 0.5) is 24.5 Å². The molecule has 0 aliphatic heterocycles. The van der Waals surface area contributed by atoms with Crippen molar-refractivity contribution in [3.05, 3.63) is 59.7 Å². The van der Waals surface area contributed by atoms with Crippen molar-refractivity contribution in [2.24, 2.45) is 11.8 Å². The highest BCUT2D eigenvalue weighted by molar-refractivity contribution is 6.05. The Balaban J connectivity index is 1.70. The van der Waals surface area contributed by atoms with Crippen LogP contribution in [-0.2, 0) is 11.0 Å². The fourth-order valence-electron chi connectivity index (χ4n) is 2.64. The predicted octanol–water partition coefficient (Wildman–Crippen LogP) is 4.55. The topological polar surface area (TPSA) is 58.2 Å². The molecule has 0 aromatic heterocycles. The van der Waals surface area contributed by atoms with Crippen molar-refractivity contribution in [1.29, 1.82) is 0 Å². The van der Waals surface area contributed by atoms with Gasteiger partial charge in [0.15, 0.2) is 0 Å². The van der Waals surface area contributed by atoms with Crippen molar-refractivity contribution in [2.75, 3.05) is 10.6 Å². The summed E-state index contributed by atoms with van der Waals surface area (Å²) in [5, 5.41) is 5.20. The van der Waals surface area contributed by atoms with E-state index in [1.54, 1.807) is 12.1 Å². The Bertz CT molecular complexity index is 849. The molecule has 0 heterocycles. The number of anilines is 2. The normalized spacial score (nSPS) is 18.9. The average Bonchev–Trinajstić information content (AvgIpc) is 3.31. The molecule has 136 valence electrons. The second-order valence-corrected chi connectivity index (χ2v) is 6.42. The lowest BCUT2D eigenvalue weighted by Gasteiger charge is -2.11. The zero-order valence-corrected chi connectivity index (χ0v) is 13.9. The summed E-state index contributed by atoms with van der Waals surface area (Å²) in [5.41, 5.74) is -0.0733. The Hall–Kier alpha value is -2.83. The molecule has 2 aromatic rings. The lowest BCUT2D eigenvalue weighted by Crippen LogP contribution is -2.16. The molecule has 0 unspecified atom stereocenters. The SMILES string of the molecule is C[C@@H]1C[C@@H]1C(=O)Nc1cccc(C(=O)Nc2cccc(C(F)(F)F)c2)c1. The van der Waals surface area contributed by atoms with Gasteiger partial charge < -0.3 is 10.6 Å². The zero-order valence-electron chi connectivity index (χ0n) is 13.9. The minimum atomic E-state index is -4.48. The van der Waals surface area contributed by atoms with Crippen LogP contribution >= 0.6 is 0 Å². The highest BCUT2D eigenvalue weighted by Gasteiger charge is 2.39. The van der Waals surface area contributed by atoms with Gasteiger partial charge in [0, 0.05) is 22.9 Å². The molecule has 2 N–H and O–H groups in total. The first kappa shape index (κ1) is 18.0. The molecule has 2 aromatic carbocycles. The van der Waals surface area contributed by atoms with Gasteiger partial charge in [-0.15, -0.1) is 0 Å². The van der Waals surface area contributed by atoms with Crippen LogP contribution < -0.4 is 10.6 Å². The summed E-state index contributed by atoms with van der Waals surface area (Å²) in [6, 6.07) is 10.7. The first-order valence-electron chi connectivity index (χ1n) is 8.13. The number of carbonyl (C=O) groups excluding carboxylic acids is 2. The largest absolute Gasteiger partial charge is 0.416 e. The summed E-state index contributed by atoms with van der Waals surface area (Å²) < 4.78 is 38.2. The van der Waals surface area contributed by atoms with Crippen molar-refractivity contribution < 1.29 is 22.8 Å². The third-order valence-electron chi connectivity index (χ3n) is 4.29. The minimum absolute atomic E-state index is 0.00223. The van der Waals surface area contributed by atoms with Crippen molar-refractivity contribution >= 4 is 23.2 Å². The molecule has 2 amide bonds. The monoisotopic (exact) mass is 362 g/mol. The molecule has 1 fully saturated rings. The zero-order chi connectivity index (χ0) is 18.9. The maximum absolute atomic E-state index is 12.7. The van der Waals surface area contributed by atoms with Gasteiger partial charge in [-0.2, -0.15) is 13.2 Å². The summed E-state index contributed by atoms with van der Waals surface area (Å²) in [5.74, 6) is -0.284. The van der Waals surface area contributed by atoms with Gasteiger partial charge in [0.25, 0.3) is 5.91 Å². The lowest BCUT2D eigenvalue weighted by atomic mass is 10.1. The van der Waals surface area contributed by atoms with E-state index in [2.05, 4.69) is 10.6 Å². The standard InChI is InChI=1S/C19H17F3N2O2/c1-11-8-16(11)18(26)24-14-6-2-4-12(9-14)17(25)23-15-7-3-5-13(10-15)19(20,21)22/h2-7,9-11,16H,8H2,1H3,(H,23,25)(H,24,26)/t11-,16+/m1/s1. The molecule has 0 saturated heterocycles. The number of hydrogen-bond donors (Lipinski definition) is 2. The van der Waals surface area contributed by atoms with Crippen molar-refractivity contribution in [1.82, 2.24) is 0 Å². The molecule has 2 atom stereocenters. The van der Waals surface area contributed by atoms with Gasteiger partial charge in [-0.05, 0) is 48.7 Å². The Morgan fingerprint density at radius 2 is 1.62 bits per heavy atom. The van der Waals surface area contributed by atoms with Crippen molar-refractivity contribution in [3.8, 4) is 0 Å². The summed E-state index contributed by atoms with van der Waals surface area (Å²) in [6.45, 7) is 1.99. The maximum atomic E-state index is 12.7. The van der Waals surface area contributed by atoms with Crippen molar-refractivity contribution in [2.45, 2.75) is 19.5 Å². The second-order valence-electron chi connectivity index (χ2n) is 6.42. The minimum Gasteiger partial charge on any atom is -0.326 e. The van der Waals surface area contributed by atoms with Crippen LogP contribution in [0.2, 0.25) is 0 Å². The van der Waals surface area contributed by atoms with E-state index in [1.165, 1.54) is 24.3 Å². The molecule has 1 aliphatic carbocycles. The predicted molar refractivity (Wildman–Crippen MR) is 91.7 cm³/mol. The van der Waals surface area contributed by atoms with Gasteiger partial charge in [-0.1, -0.05) is 19.1 Å². The van der Waals surface area contributed by atoms with E-state index in [4.69, 9.17) is 0 Å². The van der Waals surface area contributed by atoms with Crippen molar-refractivity contribution in [3.63, 3.8) is 0 Å². The molecule has 1 saturated carbocycles. The number of nitrogens with one attached hydrogen (secondary N) is 2. The number of rotatable bonds is 4. The summed E-state index contributed by atoms with van der Waals surface area (Å²) in [7, 11) is 0. The van der Waals surface area contributed by atoms with Crippen LogP contribution in [0.15, 0.2) is 48.5 Å². The van der Waals surface area contributed by atoms with E-state index in [0.717, 1.165) is 18.6 Å². The average molecular weight is 362 g/mol. The number of benzene rings is 2. The highest BCUT2D eigenvalue weighted by Crippen LogP contribution is 2.38. The molecule has 26 heavy (non-hydrogen) atoms. The molecule has 0 spiro atoms. The molecule has 4 nitrogen and oxygen atoms in total. The number of alkyl halides is 3. The van der Waals surface area contributed by atoms with Crippen LogP contribution in [0.1, 0.15) is 29.3 Å². The van der Waals surface area contributed by atoms with Gasteiger partial charge in [-0.25, -0.2) is 0 Å². The quantitative estimate of drug-likeness (QED) is 0.838. The van der Waals surface area contributed by atoms with E-state index in [1.807, 2.05) is 6.92 Å². The number of hydrogen-bond acceptors (Lipinski definition) is 2. The Morgan fingerprint density at radius 1 is 1.00 bits per heavy atom. The molecular weight excluding hydrogens is 345 g/mol. The Morgan fingerprint density at radius 3 is 2.23 bits per heavy atom. The van der Waals surface area contributed by atoms with E-state index < -0.39 is 17.6 Å². The summed E-state index contributed by atoms with van der Waals surface area (Å²) >= 11 is 0. The fourth-order valence-corrected chi connectivity index (χ4v) is 2.64. The summed E-state index contributed by atoms with van der Waals surface area (Å²) in [4.78, 5) is 24.3. The smallest absolute Gasteiger partial charge is 0.326 e. The van der Waals surface area contributed by atoms with E-state index in [0.29, 0.717) is 11.6 Å². The molecule has 1 aliphatic rings. The summed E-state index contributed by atoms with van der Waals surface area (Å²) in [6.07, 6.45) is -3.63. The van der Waals surface area contributed by atoms with E-state index in [9.17, 15) is 22.8 Å². The molecule has 0 bridgehead atoms. The van der Waals surface area contributed by atoms with Crippen LogP contribution in [0, 0.1) is 11.8 Å². The highest BCUT2D eigenvalue weighted by atomic mass is 19.4. The van der Waals surface area contributed by atoms with Crippen LogP contribution in [-0.4, -0.2) is 11.8 Å². The van der Waals surface area contributed by atoms with E-state index in [-0.39, 0.29) is 23.1 Å². The second kappa shape index (κ2) is 6.82. The van der Waals surface area contributed by atoms with Crippen LogP contribution in [0.3, 0.4) is 0 Å². The lowest BCUT2D eigenvalue weighted by molar-refractivity contribution is -0.137. The van der Waals surface area contributed by atoms with Gasteiger partial charge in [-0.3, -0.25) is 9.59 Å². The van der Waals surface area contributed by atoms with Gasteiger partial charge in [0.2, 0.25) is 5.91 Å². The molecular formula is C19H17F3N2O2. The fraction of sp³-hybridized carbons (Fsp3) is 0.263. The van der Waals surface area contributed by atoms with Crippen LogP contribution in [0.5, 0.6) is 0 Å². The molecule has 3 rings (SSSR count). The van der Waals surface area contributed by atoms with Gasteiger partial charge >= 0.3 is 6.18 Å². The van der Waals surface area contributed by atoms with Crippen LogP contribution in [0.25, 0.3) is 0 Å². The first-order valence-corrected chi connectivity index (χ1v) is 8.13. The first-order chi connectivity index (χ1) is 12.2. The molecule has 7 heteroatoms. The Kier molecular flexibility index (Phi) is 4.71.